The molecule has 0 amide bonds. The molecular weight excluding hydrogens is 806 g/mol. The molecule has 0 aromatic heterocycles. The van der Waals surface area contributed by atoms with Gasteiger partial charge in [0, 0.05) is 12.8 Å². The molecule has 0 aromatic carbocycles. The average molecular weight is 890 g/mol. The zero-order valence-corrected chi connectivity index (χ0v) is 39.9. The van der Waals surface area contributed by atoms with Crippen LogP contribution in [0.1, 0.15) is 142 Å². The summed E-state index contributed by atoms with van der Waals surface area (Å²) >= 11 is 0. The standard InChI is InChI=1S/C50H84NO10P/c1-6-8-10-11-12-13-14-15-16-17-18-19-20-21-25-28-34-40-49(54)58-44-48(45-60-62(56,57)59-43-42-51(3,4)5)61-50(55)41-35-29-33-39-47(53)38-32-27-24-22-23-26-31-37-46(52)36-30-9-7-2/h9,12-13,15-16,23-24,26-27,30-33,37-39,46-48,52-53H,6-8,10-11,14,17-22,25,28-29,34-36,40-45H2,1-5H3/b13-12-,16-15-,26-23-,27-24-,30-9-,37-31+,38-32+,39-33-/t46-,47-,48+/m0/s1. The molecule has 2 N–H and O–H groups in total. The molecule has 0 fully saturated rings. The second kappa shape index (κ2) is 40.6. The van der Waals surface area contributed by atoms with Gasteiger partial charge in [-0.15, -0.1) is 0 Å². The number of aliphatic hydroxyl groups is 2. The third-order valence-electron chi connectivity index (χ3n) is 9.26. The molecule has 0 radical (unpaired) electrons. The largest absolute Gasteiger partial charge is 0.756 e. The van der Waals surface area contributed by atoms with Gasteiger partial charge in [-0.1, -0.05) is 156 Å². The van der Waals surface area contributed by atoms with E-state index in [2.05, 4.69) is 38.2 Å². The fourth-order valence-corrected chi connectivity index (χ4v) is 6.33. The first-order valence-corrected chi connectivity index (χ1v) is 24.6. The first kappa shape index (κ1) is 58.9. The summed E-state index contributed by atoms with van der Waals surface area (Å²) in [6.45, 7) is 3.75. The number of carbonyl (C=O) groups is 2. The monoisotopic (exact) mass is 890 g/mol. The molecule has 354 valence electrons. The number of phosphoric ester groups is 1. The lowest BCUT2D eigenvalue weighted by Crippen LogP contribution is -2.37. The van der Waals surface area contributed by atoms with Crippen LogP contribution >= 0.6 is 7.82 Å². The average Bonchev–Trinajstić information content (AvgIpc) is 3.21. The van der Waals surface area contributed by atoms with Gasteiger partial charge >= 0.3 is 11.9 Å². The number of esters is 2. The number of unbranched alkanes of at least 4 members (excludes halogenated alkanes) is 11. The Kier molecular flexibility index (Phi) is 38.5. The summed E-state index contributed by atoms with van der Waals surface area (Å²) in [5.41, 5.74) is 0. The summed E-state index contributed by atoms with van der Waals surface area (Å²) in [4.78, 5) is 37.6. The number of hydrogen-bond acceptors (Lipinski definition) is 10. The van der Waals surface area contributed by atoms with Gasteiger partial charge in [-0.2, -0.15) is 0 Å². The highest BCUT2D eigenvalue weighted by atomic mass is 31.2. The molecule has 0 aromatic rings. The Hall–Kier alpha value is -3.15. The van der Waals surface area contributed by atoms with Crippen LogP contribution in [-0.4, -0.2) is 92.5 Å². The first-order chi connectivity index (χ1) is 29.8. The molecule has 0 saturated carbocycles. The van der Waals surface area contributed by atoms with Crippen molar-refractivity contribution in [2.45, 2.75) is 161 Å². The van der Waals surface area contributed by atoms with Crippen LogP contribution in [0.15, 0.2) is 97.2 Å². The van der Waals surface area contributed by atoms with Crippen molar-refractivity contribution in [3.8, 4) is 0 Å². The van der Waals surface area contributed by atoms with Gasteiger partial charge in [-0.25, -0.2) is 0 Å². The Labute approximate surface area is 376 Å². The summed E-state index contributed by atoms with van der Waals surface area (Å²) < 4.78 is 33.7. The SMILES string of the molecule is CC/C=C\C[C@H](O)/C=C/C=C\C/C=C\C=C\[C@H](O)/C=C\CCCC(=O)O[C@H](COC(=O)CCCCCCCCC/C=C\C/C=C\CCCCC)COP(=O)([O-])OCC[N+](C)(C)C. The normalized spacial score (nSPS) is 15.4. The number of carbonyl (C=O) groups excluding carboxylic acids is 2. The molecule has 0 aliphatic rings. The number of aliphatic hydroxyl groups excluding tert-OH is 2. The highest BCUT2D eigenvalue weighted by Gasteiger charge is 2.21. The fraction of sp³-hybridized carbons (Fsp3) is 0.640. The number of phosphoric acid groups is 1. The number of likely N-dealkylation sites (N-methyl/N-ethyl adjacent to an activating group) is 1. The maximum atomic E-state index is 12.7. The van der Waals surface area contributed by atoms with Crippen molar-refractivity contribution in [2.75, 3.05) is 47.5 Å². The second-order valence-corrected chi connectivity index (χ2v) is 17.8. The molecule has 0 aliphatic heterocycles. The lowest BCUT2D eigenvalue weighted by atomic mass is 10.1. The van der Waals surface area contributed by atoms with Crippen LogP contribution in [0.3, 0.4) is 0 Å². The zero-order valence-electron chi connectivity index (χ0n) is 39.0. The number of ether oxygens (including phenoxy) is 2. The molecule has 0 spiro atoms. The van der Waals surface area contributed by atoms with E-state index in [-0.39, 0.29) is 26.1 Å². The van der Waals surface area contributed by atoms with E-state index in [0.717, 1.165) is 38.5 Å². The maximum absolute atomic E-state index is 12.7. The highest BCUT2D eigenvalue weighted by molar-refractivity contribution is 7.45. The predicted molar refractivity (Wildman–Crippen MR) is 252 cm³/mol. The van der Waals surface area contributed by atoms with E-state index < -0.39 is 44.7 Å². The molecule has 0 rings (SSSR count). The molecule has 0 aliphatic carbocycles. The van der Waals surface area contributed by atoms with Crippen LogP contribution in [0, 0.1) is 0 Å². The van der Waals surface area contributed by atoms with Crippen molar-refractivity contribution in [3.63, 3.8) is 0 Å². The smallest absolute Gasteiger partial charge is 0.306 e. The van der Waals surface area contributed by atoms with Gasteiger partial charge in [0.05, 0.1) is 40.0 Å². The maximum Gasteiger partial charge on any atom is 0.306 e. The quantitative estimate of drug-likeness (QED) is 0.0152. The van der Waals surface area contributed by atoms with Crippen LogP contribution < -0.4 is 4.89 Å². The van der Waals surface area contributed by atoms with Crippen molar-refractivity contribution in [1.29, 1.82) is 0 Å². The Balaban J connectivity index is 4.61. The molecule has 12 heteroatoms. The van der Waals surface area contributed by atoms with E-state index in [1.807, 2.05) is 63.7 Å². The minimum atomic E-state index is -4.69. The van der Waals surface area contributed by atoms with Crippen molar-refractivity contribution >= 4 is 19.8 Å². The summed E-state index contributed by atoms with van der Waals surface area (Å²) in [5.74, 6) is -1.04. The molecule has 1 unspecified atom stereocenters. The number of rotatable bonds is 40. The van der Waals surface area contributed by atoms with Gasteiger partial charge in [0.15, 0.2) is 6.10 Å². The zero-order chi connectivity index (χ0) is 46.0. The molecular formula is C50H84NO10P. The van der Waals surface area contributed by atoms with Gasteiger partial charge in [-0.3, -0.25) is 14.2 Å². The molecule has 11 nitrogen and oxygen atoms in total. The lowest BCUT2D eigenvalue weighted by molar-refractivity contribution is -0.870. The van der Waals surface area contributed by atoms with Crippen LogP contribution in [0.5, 0.6) is 0 Å². The number of allylic oxidation sites excluding steroid dienone is 12. The van der Waals surface area contributed by atoms with Crippen LogP contribution in [0.4, 0.5) is 0 Å². The highest BCUT2D eigenvalue weighted by Crippen LogP contribution is 2.38. The molecule has 0 bridgehead atoms. The molecule has 0 heterocycles. The Bertz CT molecular complexity index is 1410. The van der Waals surface area contributed by atoms with Crippen molar-refractivity contribution < 1.29 is 52.3 Å². The van der Waals surface area contributed by atoms with Crippen molar-refractivity contribution in [3.05, 3.63) is 97.2 Å². The summed E-state index contributed by atoms with van der Waals surface area (Å²) in [6, 6.07) is 0. The first-order valence-electron chi connectivity index (χ1n) is 23.2. The third-order valence-corrected chi connectivity index (χ3v) is 10.2. The Morgan fingerprint density at radius 3 is 1.89 bits per heavy atom. The molecule has 4 atom stereocenters. The lowest BCUT2D eigenvalue weighted by Gasteiger charge is -2.28. The van der Waals surface area contributed by atoms with Crippen molar-refractivity contribution in [1.82, 2.24) is 0 Å². The Morgan fingerprint density at radius 1 is 0.629 bits per heavy atom. The van der Waals surface area contributed by atoms with E-state index in [1.54, 1.807) is 30.4 Å². The summed E-state index contributed by atoms with van der Waals surface area (Å²) in [6.07, 6.45) is 46.5. The van der Waals surface area contributed by atoms with Crippen LogP contribution in [0.2, 0.25) is 0 Å². The van der Waals surface area contributed by atoms with Gasteiger partial charge < -0.3 is 38.1 Å². The van der Waals surface area contributed by atoms with Crippen LogP contribution in [-0.2, 0) is 32.7 Å². The van der Waals surface area contributed by atoms with Crippen LogP contribution in [0.25, 0.3) is 0 Å². The van der Waals surface area contributed by atoms with Gasteiger partial charge in [0.2, 0.25) is 0 Å². The van der Waals surface area contributed by atoms with E-state index >= 15 is 0 Å². The fourth-order valence-electron chi connectivity index (χ4n) is 5.60. The number of hydrogen-bond donors (Lipinski definition) is 2. The number of nitrogens with zero attached hydrogens (tertiary/aromatic N) is 1. The summed E-state index contributed by atoms with van der Waals surface area (Å²) in [5, 5.41) is 20.1. The topological polar surface area (TPSA) is 152 Å². The van der Waals surface area contributed by atoms with Gasteiger partial charge in [0.1, 0.15) is 19.8 Å². The summed E-state index contributed by atoms with van der Waals surface area (Å²) in [7, 11) is 1.01. The van der Waals surface area contributed by atoms with Gasteiger partial charge in [0.25, 0.3) is 7.82 Å². The third kappa shape index (κ3) is 43.5. The minimum absolute atomic E-state index is 0.0314. The minimum Gasteiger partial charge on any atom is -0.756 e. The Morgan fingerprint density at radius 2 is 1.23 bits per heavy atom. The van der Waals surface area contributed by atoms with E-state index in [0.29, 0.717) is 43.1 Å². The van der Waals surface area contributed by atoms with E-state index in [9.17, 15) is 29.3 Å². The van der Waals surface area contributed by atoms with Gasteiger partial charge in [-0.05, 0) is 70.6 Å². The number of quaternary nitrogens is 1. The molecule has 0 saturated heterocycles. The second-order valence-electron chi connectivity index (χ2n) is 16.4. The van der Waals surface area contributed by atoms with Crippen molar-refractivity contribution in [2.24, 2.45) is 0 Å². The molecule has 62 heavy (non-hydrogen) atoms. The van der Waals surface area contributed by atoms with E-state index in [1.165, 1.54) is 44.9 Å². The van der Waals surface area contributed by atoms with E-state index in [4.69, 9.17) is 18.5 Å². The predicted octanol–water partition coefficient (Wildman–Crippen LogP) is 10.7.